The Bertz CT molecular complexity index is 96.4. The van der Waals surface area contributed by atoms with Gasteiger partial charge in [-0.05, 0) is 38.1 Å². The van der Waals surface area contributed by atoms with Gasteiger partial charge in [0.15, 0.2) is 8.32 Å². The van der Waals surface area contributed by atoms with E-state index in [1.165, 1.54) is 24.6 Å². The largest absolute Gasteiger partial charge is 0.420 e. The van der Waals surface area contributed by atoms with E-state index in [1.807, 2.05) is 14.2 Å². The summed E-state index contributed by atoms with van der Waals surface area (Å²) < 4.78 is 5.69. The summed E-state index contributed by atoms with van der Waals surface area (Å²) in [6.07, 6.45) is 1.26. The van der Waals surface area contributed by atoms with E-state index in [0.717, 1.165) is 6.54 Å². The van der Waals surface area contributed by atoms with E-state index < -0.39 is 8.32 Å². The fourth-order valence-corrected chi connectivity index (χ4v) is 4.39. The first-order valence-corrected chi connectivity index (χ1v) is 7.47. The van der Waals surface area contributed by atoms with Gasteiger partial charge in [0.1, 0.15) is 0 Å². The van der Waals surface area contributed by atoms with E-state index in [2.05, 4.69) is 19.2 Å². The number of nitrogens with one attached hydrogen (secondary N) is 1. The summed E-state index contributed by atoms with van der Waals surface area (Å²) in [7, 11) is 2.60. The van der Waals surface area contributed by atoms with Crippen molar-refractivity contribution in [2.75, 3.05) is 20.7 Å². The third-order valence-electron chi connectivity index (χ3n) is 2.78. The van der Waals surface area contributed by atoms with Crippen LogP contribution in [0.2, 0.25) is 18.1 Å². The van der Waals surface area contributed by atoms with Crippen LogP contribution in [0.15, 0.2) is 0 Å². The molecule has 3 heteroatoms. The Morgan fingerprint density at radius 1 is 1.25 bits per heavy atom. The molecule has 0 saturated carbocycles. The van der Waals surface area contributed by atoms with Gasteiger partial charge >= 0.3 is 0 Å². The van der Waals surface area contributed by atoms with Crippen LogP contribution in [0.25, 0.3) is 0 Å². The summed E-state index contributed by atoms with van der Waals surface area (Å²) in [5, 5.41) is 3.18. The molecule has 0 saturated heterocycles. The minimum absolute atomic E-state index is 1.12. The third-order valence-corrected chi connectivity index (χ3v) is 7.49. The second-order valence-electron chi connectivity index (χ2n) is 3.30. The molecule has 0 radical (unpaired) electrons. The Hall–Kier alpha value is 0.137. The fraction of sp³-hybridized carbons (Fsp3) is 1.00. The topological polar surface area (TPSA) is 21.3 Å². The maximum atomic E-state index is 5.69. The van der Waals surface area contributed by atoms with E-state index in [4.69, 9.17) is 4.43 Å². The zero-order valence-electron chi connectivity index (χ0n) is 8.94. The molecule has 0 fully saturated rings. The monoisotopic (exact) mass is 189 g/mol. The number of hydrogen-bond acceptors (Lipinski definition) is 2. The Kier molecular flexibility index (Phi) is 6.71. The highest BCUT2D eigenvalue weighted by Gasteiger charge is 2.28. The Morgan fingerprint density at radius 3 is 2.17 bits per heavy atom. The summed E-state index contributed by atoms with van der Waals surface area (Å²) in [6, 6.07) is 3.81. The Balaban J connectivity index is 3.76. The van der Waals surface area contributed by atoms with Crippen LogP contribution in [0.3, 0.4) is 0 Å². The molecule has 0 aromatic rings. The molecule has 1 N–H and O–H groups in total. The van der Waals surface area contributed by atoms with Crippen LogP contribution < -0.4 is 5.32 Å². The van der Waals surface area contributed by atoms with Gasteiger partial charge in [-0.3, -0.25) is 0 Å². The van der Waals surface area contributed by atoms with Crippen molar-refractivity contribution < 1.29 is 4.43 Å². The molecule has 0 aromatic heterocycles. The van der Waals surface area contributed by atoms with Gasteiger partial charge in [-0.1, -0.05) is 13.8 Å². The van der Waals surface area contributed by atoms with Gasteiger partial charge in [0.2, 0.25) is 0 Å². The first-order chi connectivity index (χ1) is 5.74. The average molecular weight is 189 g/mol. The molecule has 0 aromatic carbocycles. The second-order valence-corrected chi connectivity index (χ2v) is 7.99. The number of rotatable bonds is 7. The van der Waals surface area contributed by atoms with Gasteiger partial charge in [0.05, 0.1) is 0 Å². The zero-order chi connectivity index (χ0) is 9.45. The number of hydrogen-bond donors (Lipinski definition) is 1. The molecule has 0 aliphatic rings. The van der Waals surface area contributed by atoms with Gasteiger partial charge < -0.3 is 9.74 Å². The summed E-state index contributed by atoms with van der Waals surface area (Å²) in [5.74, 6) is 0. The van der Waals surface area contributed by atoms with Crippen molar-refractivity contribution in [2.45, 2.75) is 38.4 Å². The highest BCUT2D eigenvalue weighted by atomic mass is 28.4. The standard InChI is InChI=1S/C9H23NOSi/c1-5-12(6-2,11-4)9-7-8-10-3/h10H,5-9H2,1-4H3. The molecule has 2 nitrogen and oxygen atoms in total. The Labute approximate surface area is 77.8 Å². The maximum absolute atomic E-state index is 5.69. The molecule has 0 rings (SSSR count). The van der Waals surface area contributed by atoms with Gasteiger partial charge in [-0.25, -0.2) is 0 Å². The third kappa shape index (κ3) is 3.69. The van der Waals surface area contributed by atoms with Crippen molar-refractivity contribution >= 4 is 8.32 Å². The van der Waals surface area contributed by atoms with Crippen LogP contribution in [-0.4, -0.2) is 29.0 Å². The SMILES string of the molecule is CC[Si](CC)(CCCNC)OC. The fourth-order valence-electron chi connectivity index (χ4n) is 1.58. The van der Waals surface area contributed by atoms with Crippen molar-refractivity contribution in [3.63, 3.8) is 0 Å². The molecule has 0 bridgehead atoms. The molecule has 0 aliphatic heterocycles. The molecule has 0 atom stereocenters. The second kappa shape index (κ2) is 6.63. The van der Waals surface area contributed by atoms with E-state index in [1.54, 1.807) is 0 Å². The van der Waals surface area contributed by atoms with Gasteiger partial charge in [-0.2, -0.15) is 0 Å². The van der Waals surface area contributed by atoms with E-state index in [0.29, 0.717) is 0 Å². The quantitative estimate of drug-likeness (QED) is 0.490. The molecule has 0 amide bonds. The molecule has 0 unspecified atom stereocenters. The van der Waals surface area contributed by atoms with E-state index in [-0.39, 0.29) is 0 Å². The van der Waals surface area contributed by atoms with Crippen molar-refractivity contribution in [2.24, 2.45) is 0 Å². The smallest absolute Gasteiger partial charge is 0.191 e. The van der Waals surface area contributed by atoms with Crippen molar-refractivity contribution in [1.82, 2.24) is 5.32 Å². The van der Waals surface area contributed by atoms with Crippen molar-refractivity contribution in [1.29, 1.82) is 0 Å². The van der Waals surface area contributed by atoms with E-state index in [9.17, 15) is 0 Å². The maximum Gasteiger partial charge on any atom is 0.191 e. The highest BCUT2D eigenvalue weighted by molar-refractivity contribution is 6.73. The summed E-state index contributed by atoms with van der Waals surface area (Å²) in [5.41, 5.74) is 0. The first-order valence-electron chi connectivity index (χ1n) is 4.94. The van der Waals surface area contributed by atoms with Gasteiger partial charge in [0.25, 0.3) is 0 Å². The van der Waals surface area contributed by atoms with Crippen LogP contribution >= 0.6 is 0 Å². The molecular formula is C9H23NOSi. The van der Waals surface area contributed by atoms with Crippen LogP contribution in [-0.2, 0) is 4.43 Å². The average Bonchev–Trinajstić information content (AvgIpc) is 2.14. The van der Waals surface area contributed by atoms with Crippen LogP contribution in [0.4, 0.5) is 0 Å². The van der Waals surface area contributed by atoms with Crippen molar-refractivity contribution in [3.05, 3.63) is 0 Å². The summed E-state index contributed by atoms with van der Waals surface area (Å²) in [4.78, 5) is 0. The lowest BCUT2D eigenvalue weighted by Crippen LogP contribution is -2.35. The molecule has 0 aliphatic carbocycles. The van der Waals surface area contributed by atoms with Gasteiger partial charge in [-0.15, -0.1) is 0 Å². The molecular weight excluding hydrogens is 166 g/mol. The minimum Gasteiger partial charge on any atom is -0.420 e. The molecule has 74 valence electrons. The highest BCUT2D eigenvalue weighted by Crippen LogP contribution is 2.22. The van der Waals surface area contributed by atoms with Gasteiger partial charge in [0, 0.05) is 7.11 Å². The molecule has 12 heavy (non-hydrogen) atoms. The lowest BCUT2D eigenvalue weighted by atomic mass is 10.5. The molecule has 0 spiro atoms. The zero-order valence-corrected chi connectivity index (χ0v) is 9.94. The first kappa shape index (κ1) is 12.1. The van der Waals surface area contributed by atoms with Crippen LogP contribution in [0.5, 0.6) is 0 Å². The van der Waals surface area contributed by atoms with E-state index >= 15 is 0 Å². The lowest BCUT2D eigenvalue weighted by molar-refractivity contribution is 0.389. The summed E-state index contributed by atoms with van der Waals surface area (Å²) >= 11 is 0. The minimum atomic E-state index is -1.29. The Morgan fingerprint density at radius 2 is 1.83 bits per heavy atom. The van der Waals surface area contributed by atoms with Crippen molar-refractivity contribution in [3.8, 4) is 0 Å². The predicted octanol–water partition coefficient (Wildman–Crippen LogP) is 2.23. The molecule has 0 heterocycles. The van der Waals surface area contributed by atoms with Crippen LogP contribution in [0.1, 0.15) is 20.3 Å². The van der Waals surface area contributed by atoms with Crippen LogP contribution in [0, 0.1) is 0 Å². The predicted molar refractivity (Wildman–Crippen MR) is 57.1 cm³/mol. The summed E-state index contributed by atoms with van der Waals surface area (Å²) in [6.45, 7) is 5.65. The lowest BCUT2D eigenvalue weighted by Gasteiger charge is -2.27. The normalized spacial score (nSPS) is 12.0.